The Bertz CT molecular complexity index is 715. The van der Waals surface area contributed by atoms with Crippen LogP contribution in [0.25, 0.3) is 0 Å². The highest BCUT2D eigenvalue weighted by Gasteiger charge is 2.26. The van der Waals surface area contributed by atoms with Crippen LogP contribution in [0, 0.1) is 10.1 Å². The van der Waals surface area contributed by atoms with Crippen molar-refractivity contribution in [3.63, 3.8) is 0 Å². The number of rotatable bonds is 3. The second-order valence-corrected chi connectivity index (χ2v) is 5.11. The number of hydrogen-bond donors (Lipinski definition) is 0. The number of benzene rings is 2. The zero-order chi connectivity index (χ0) is 15.5. The highest BCUT2D eigenvalue weighted by molar-refractivity contribution is 5.69. The lowest BCUT2D eigenvalue weighted by atomic mass is 10.1. The van der Waals surface area contributed by atoms with Crippen LogP contribution in [-0.2, 0) is 24.4 Å². The Kier molecular flexibility index (Phi) is 3.74. The zero-order valence-corrected chi connectivity index (χ0v) is 11.8. The molecule has 0 spiro atoms. The van der Waals surface area contributed by atoms with E-state index < -0.39 is 11.0 Å². The maximum Gasteiger partial charge on any atom is 0.410 e. The number of ether oxygens (including phenoxy) is 1. The van der Waals surface area contributed by atoms with E-state index in [1.807, 2.05) is 30.3 Å². The van der Waals surface area contributed by atoms with E-state index in [2.05, 4.69) is 0 Å². The quantitative estimate of drug-likeness (QED) is 0.644. The Morgan fingerprint density at radius 2 is 1.86 bits per heavy atom. The minimum atomic E-state index is -0.434. The Hall–Kier alpha value is -2.89. The highest BCUT2D eigenvalue weighted by atomic mass is 16.6. The molecule has 0 aliphatic carbocycles. The molecule has 2 aromatic rings. The molecule has 0 N–H and O–H groups in total. The van der Waals surface area contributed by atoms with Gasteiger partial charge in [-0.15, -0.1) is 0 Å². The zero-order valence-electron chi connectivity index (χ0n) is 11.8. The van der Waals surface area contributed by atoms with Crippen molar-refractivity contribution in [2.45, 2.75) is 19.7 Å². The molecule has 22 heavy (non-hydrogen) atoms. The van der Waals surface area contributed by atoms with Crippen molar-refractivity contribution in [2.24, 2.45) is 0 Å². The maximum atomic E-state index is 12.1. The molecule has 2 aromatic carbocycles. The molecule has 0 unspecified atom stereocenters. The third-order valence-corrected chi connectivity index (χ3v) is 3.59. The summed E-state index contributed by atoms with van der Waals surface area (Å²) in [6.07, 6.45) is -0.414. The van der Waals surface area contributed by atoms with E-state index in [4.69, 9.17) is 4.74 Å². The van der Waals surface area contributed by atoms with Gasteiger partial charge in [0.1, 0.15) is 6.61 Å². The van der Waals surface area contributed by atoms with Crippen LogP contribution in [-0.4, -0.2) is 15.9 Å². The lowest BCUT2D eigenvalue weighted by molar-refractivity contribution is -0.384. The molecule has 0 radical (unpaired) electrons. The molecule has 0 saturated heterocycles. The molecule has 3 rings (SSSR count). The summed E-state index contributed by atoms with van der Waals surface area (Å²) in [6.45, 7) is 0.970. The van der Waals surface area contributed by atoms with E-state index in [-0.39, 0.29) is 12.3 Å². The van der Waals surface area contributed by atoms with E-state index in [1.54, 1.807) is 6.07 Å². The Labute approximate surface area is 127 Å². The molecule has 6 heteroatoms. The molecule has 1 heterocycles. The number of carbonyl (C=O) groups is 1. The van der Waals surface area contributed by atoms with Gasteiger partial charge in [-0.05, 0) is 16.7 Å². The number of hydrogen-bond acceptors (Lipinski definition) is 4. The average Bonchev–Trinajstić information content (AvgIpc) is 2.96. The van der Waals surface area contributed by atoms with Gasteiger partial charge in [-0.3, -0.25) is 15.0 Å². The van der Waals surface area contributed by atoms with E-state index >= 15 is 0 Å². The second-order valence-electron chi connectivity index (χ2n) is 5.11. The van der Waals surface area contributed by atoms with Gasteiger partial charge in [0.05, 0.1) is 4.92 Å². The molecule has 1 aliphatic rings. The summed E-state index contributed by atoms with van der Waals surface area (Å²) in [5.41, 5.74) is 2.68. The molecule has 0 bridgehead atoms. The standard InChI is InChI=1S/C16H14N2O4/c19-16(22-11-12-4-2-1-3-5-12)17-9-13-6-7-15(18(20)21)8-14(13)10-17/h1-8H,9-11H2. The second kappa shape index (κ2) is 5.85. The van der Waals surface area contributed by atoms with Gasteiger partial charge >= 0.3 is 6.09 Å². The summed E-state index contributed by atoms with van der Waals surface area (Å²) in [7, 11) is 0. The number of amides is 1. The van der Waals surface area contributed by atoms with Crippen LogP contribution >= 0.6 is 0 Å². The first-order valence-corrected chi connectivity index (χ1v) is 6.85. The van der Waals surface area contributed by atoms with Crippen molar-refractivity contribution >= 4 is 11.8 Å². The van der Waals surface area contributed by atoms with Gasteiger partial charge in [-0.25, -0.2) is 4.79 Å². The first-order valence-electron chi connectivity index (χ1n) is 6.85. The summed E-state index contributed by atoms with van der Waals surface area (Å²) < 4.78 is 5.27. The van der Waals surface area contributed by atoms with Crippen LogP contribution in [0.2, 0.25) is 0 Å². The molecule has 6 nitrogen and oxygen atoms in total. The van der Waals surface area contributed by atoms with Crippen LogP contribution in [0.1, 0.15) is 16.7 Å². The monoisotopic (exact) mass is 298 g/mol. The van der Waals surface area contributed by atoms with Crippen LogP contribution < -0.4 is 0 Å². The van der Waals surface area contributed by atoms with Crippen molar-refractivity contribution in [3.05, 3.63) is 75.3 Å². The molecular weight excluding hydrogens is 284 g/mol. The van der Waals surface area contributed by atoms with E-state index in [9.17, 15) is 14.9 Å². The van der Waals surface area contributed by atoms with Crippen LogP contribution in [0.3, 0.4) is 0 Å². The minimum absolute atomic E-state index is 0.0400. The van der Waals surface area contributed by atoms with Crippen LogP contribution in [0.4, 0.5) is 10.5 Å². The molecule has 1 aliphatic heterocycles. The summed E-state index contributed by atoms with van der Waals surface area (Å²) in [5.74, 6) is 0. The van der Waals surface area contributed by atoms with Gasteiger partial charge in [0.15, 0.2) is 0 Å². The normalized spacial score (nSPS) is 12.8. The predicted octanol–water partition coefficient (Wildman–Crippen LogP) is 3.25. The molecule has 112 valence electrons. The average molecular weight is 298 g/mol. The smallest absolute Gasteiger partial charge is 0.410 e. The van der Waals surface area contributed by atoms with Gasteiger partial charge in [0.2, 0.25) is 0 Å². The first kappa shape index (κ1) is 14.1. The fourth-order valence-corrected chi connectivity index (χ4v) is 2.43. The van der Waals surface area contributed by atoms with Crippen molar-refractivity contribution in [2.75, 3.05) is 0 Å². The first-order chi connectivity index (χ1) is 10.6. The Morgan fingerprint density at radius 3 is 2.59 bits per heavy atom. The highest BCUT2D eigenvalue weighted by Crippen LogP contribution is 2.27. The third kappa shape index (κ3) is 2.90. The van der Waals surface area contributed by atoms with E-state index in [0.29, 0.717) is 13.1 Å². The summed E-state index contributed by atoms with van der Waals surface area (Å²) in [5, 5.41) is 10.8. The van der Waals surface area contributed by atoms with Crippen molar-refractivity contribution in [3.8, 4) is 0 Å². The topological polar surface area (TPSA) is 72.7 Å². The predicted molar refractivity (Wildman–Crippen MR) is 79.0 cm³/mol. The molecular formula is C16H14N2O4. The molecule has 0 atom stereocenters. The van der Waals surface area contributed by atoms with E-state index in [0.717, 1.165) is 16.7 Å². The van der Waals surface area contributed by atoms with Gasteiger partial charge < -0.3 is 4.74 Å². The number of nitro groups is 1. The number of nitro benzene ring substituents is 1. The summed E-state index contributed by atoms with van der Waals surface area (Å²) >= 11 is 0. The molecule has 0 fully saturated rings. The van der Waals surface area contributed by atoms with Crippen molar-refractivity contribution in [1.29, 1.82) is 0 Å². The van der Waals surface area contributed by atoms with Crippen LogP contribution in [0.5, 0.6) is 0 Å². The van der Waals surface area contributed by atoms with Gasteiger partial charge in [0, 0.05) is 25.2 Å². The summed E-state index contributed by atoms with van der Waals surface area (Å²) in [4.78, 5) is 24.0. The third-order valence-electron chi connectivity index (χ3n) is 3.59. The summed E-state index contributed by atoms with van der Waals surface area (Å²) in [6, 6.07) is 14.1. The van der Waals surface area contributed by atoms with Crippen molar-refractivity contribution in [1.82, 2.24) is 4.90 Å². The van der Waals surface area contributed by atoms with Gasteiger partial charge in [-0.1, -0.05) is 36.4 Å². The lowest BCUT2D eigenvalue weighted by Crippen LogP contribution is -2.25. The van der Waals surface area contributed by atoms with Gasteiger partial charge in [0.25, 0.3) is 5.69 Å². The SMILES string of the molecule is O=C(OCc1ccccc1)N1Cc2ccc([N+](=O)[O-])cc2C1. The minimum Gasteiger partial charge on any atom is -0.445 e. The molecule has 0 aromatic heterocycles. The van der Waals surface area contributed by atoms with Crippen LogP contribution in [0.15, 0.2) is 48.5 Å². The van der Waals surface area contributed by atoms with Crippen molar-refractivity contribution < 1.29 is 14.5 Å². The maximum absolute atomic E-state index is 12.1. The number of fused-ring (bicyclic) bond motifs is 1. The fraction of sp³-hybridized carbons (Fsp3) is 0.188. The van der Waals surface area contributed by atoms with E-state index in [1.165, 1.54) is 17.0 Å². The van der Waals surface area contributed by atoms with Gasteiger partial charge in [-0.2, -0.15) is 0 Å². The number of non-ortho nitro benzene ring substituents is 1. The Balaban J connectivity index is 1.62. The number of carbonyl (C=O) groups excluding carboxylic acids is 1. The fourth-order valence-electron chi connectivity index (χ4n) is 2.43. The molecule has 1 amide bonds. The number of nitrogens with zero attached hydrogens (tertiary/aromatic N) is 2. The largest absolute Gasteiger partial charge is 0.445 e. The lowest BCUT2D eigenvalue weighted by Gasteiger charge is -2.15. The Morgan fingerprint density at radius 1 is 1.14 bits per heavy atom. The molecule has 0 saturated carbocycles.